The van der Waals surface area contributed by atoms with Crippen LogP contribution in [0.25, 0.3) is 0 Å². The van der Waals surface area contributed by atoms with E-state index in [9.17, 15) is 0 Å². The van der Waals surface area contributed by atoms with Gasteiger partial charge in [-0.3, -0.25) is 0 Å². The quantitative estimate of drug-likeness (QED) is 0.541. The van der Waals surface area contributed by atoms with Gasteiger partial charge < -0.3 is 26.9 Å². The molecule has 0 aliphatic carbocycles. The van der Waals surface area contributed by atoms with Gasteiger partial charge in [0, 0.05) is 47.8 Å². The van der Waals surface area contributed by atoms with Crippen LogP contribution < -0.4 is 5.19 Å². The van der Waals surface area contributed by atoms with Gasteiger partial charge >= 0.3 is 17.4 Å². The predicted octanol–water partition coefficient (Wildman–Crippen LogP) is 3.71. The molecule has 1 aliphatic rings. The molecule has 0 radical (unpaired) electrons. The van der Waals surface area contributed by atoms with E-state index < -0.39 is 17.4 Å². The molecule has 1 heterocycles. The summed E-state index contributed by atoms with van der Waals surface area (Å²) < 4.78 is 33.6. The Labute approximate surface area is 179 Å². The first kappa shape index (κ1) is 26.4. The highest BCUT2D eigenvalue weighted by Crippen LogP contribution is 2.42. The van der Waals surface area contributed by atoms with E-state index >= 15 is 0 Å². The summed E-state index contributed by atoms with van der Waals surface area (Å²) in [6, 6.07) is 9.01. The van der Waals surface area contributed by atoms with Gasteiger partial charge in [-0.15, -0.1) is 0 Å². The van der Waals surface area contributed by atoms with Gasteiger partial charge in [0.05, 0.1) is 0 Å². The molecule has 1 saturated heterocycles. The number of rotatable bonds is 9. The zero-order chi connectivity index (χ0) is 22.0. The van der Waals surface area contributed by atoms with E-state index in [2.05, 4.69) is 6.92 Å². The Hall–Kier alpha value is -0.586. The Balaban J connectivity index is 0.000000291. The second kappa shape index (κ2) is 12.3. The summed E-state index contributed by atoms with van der Waals surface area (Å²) in [5.41, 5.74) is 1.13. The molecule has 0 saturated carbocycles. The summed E-state index contributed by atoms with van der Waals surface area (Å²) in [4.78, 5) is 0. The largest absolute Gasteiger partial charge is 0.536 e. The number of aryl methyl sites for hydroxylation is 1. The summed E-state index contributed by atoms with van der Waals surface area (Å²) >= 11 is 0. The van der Waals surface area contributed by atoms with Crippen molar-refractivity contribution < 1.29 is 26.9 Å². The van der Waals surface area contributed by atoms with Crippen LogP contribution in [0.15, 0.2) is 24.3 Å². The van der Waals surface area contributed by atoms with Crippen LogP contribution in [0.3, 0.4) is 0 Å². The topological polar surface area (TPSA) is 55.4 Å². The first-order chi connectivity index (χ1) is 13.9. The summed E-state index contributed by atoms with van der Waals surface area (Å²) in [6.45, 7) is 4.22. The first-order valence-corrected chi connectivity index (χ1v) is 14.0. The Morgan fingerprint density at radius 2 is 1.52 bits per heavy atom. The molecule has 1 aliphatic heterocycles. The Morgan fingerprint density at radius 1 is 0.931 bits per heavy atom. The van der Waals surface area contributed by atoms with E-state index in [0.29, 0.717) is 0 Å². The maximum absolute atomic E-state index is 5.83. The summed E-state index contributed by atoms with van der Waals surface area (Å²) in [5.74, 6) is 0. The average Bonchev–Trinajstić information content (AvgIpc) is 2.77. The fourth-order valence-corrected chi connectivity index (χ4v) is 10.4. The number of ether oxygens (including phenoxy) is 1. The van der Waals surface area contributed by atoms with E-state index in [1.807, 2.05) is 31.2 Å². The normalized spacial score (nSPS) is 21.4. The Bertz CT molecular complexity index is 580. The van der Waals surface area contributed by atoms with Crippen molar-refractivity contribution in [3.63, 3.8) is 0 Å². The molecule has 0 bridgehead atoms. The highest BCUT2D eigenvalue weighted by Gasteiger charge is 2.58. The van der Waals surface area contributed by atoms with Gasteiger partial charge in [-0.25, -0.2) is 0 Å². The lowest BCUT2D eigenvalue weighted by Crippen LogP contribution is -2.64. The van der Waals surface area contributed by atoms with E-state index in [4.69, 9.17) is 26.9 Å². The molecule has 168 valence electrons. The van der Waals surface area contributed by atoms with E-state index in [0.717, 1.165) is 36.1 Å². The molecule has 1 aromatic carbocycles. The third-order valence-corrected chi connectivity index (χ3v) is 13.3. The minimum Gasteiger partial charge on any atom is -0.396 e. The smallest absolute Gasteiger partial charge is 0.396 e. The monoisotopic (exact) mass is 444 g/mol. The van der Waals surface area contributed by atoms with Crippen LogP contribution in [0.1, 0.15) is 44.6 Å². The number of methoxy groups -OCH3 is 1. The van der Waals surface area contributed by atoms with Crippen molar-refractivity contribution in [3.05, 3.63) is 29.8 Å². The van der Waals surface area contributed by atoms with Crippen molar-refractivity contribution in [2.75, 3.05) is 42.7 Å². The second-order valence-electron chi connectivity index (χ2n) is 7.30. The number of hydrogen-bond donors (Lipinski definition) is 0. The highest BCUT2D eigenvalue weighted by molar-refractivity contribution is 6.75. The van der Waals surface area contributed by atoms with Crippen molar-refractivity contribution in [2.24, 2.45) is 0 Å². The summed E-state index contributed by atoms with van der Waals surface area (Å²) in [6.07, 6.45) is 5.70. The van der Waals surface area contributed by atoms with Crippen LogP contribution in [-0.4, -0.2) is 65.2 Å². The Kier molecular flexibility index (Phi) is 11.2. The molecular weight excluding hydrogens is 404 g/mol. The van der Waals surface area contributed by atoms with Crippen LogP contribution in [0.5, 0.6) is 0 Å². The molecule has 1 fully saturated rings. The van der Waals surface area contributed by atoms with Gasteiger partial charge in [-0.05, 0) is 31.4 Å². The first-order valence-electron chi connectivity index (χ1n) is 10.3. The van der Waals surface area contributed by atoms with Gasteiger partial charge in [-0.1, -0.05) is 50.5 Å². The molecule has 8 heteroatoms. The molecule has 29 heavy (non-hydrogen) atoms. The minimum atomic E-state index is -2.64. The zero-order valence-corrected chi connectivity index (χ0v) is 21.5. The van der Waals surface area contributed by atoms with Crippen LogP contribution in [0.4, 0.5) is 0 Å². The van der Waals surface area contributed by atoms with E-state index in [1.165, 1.54) is 12.8 Å². The van der Waals surface area contributed by atoms with Gasteiger partial charge in [0.15, 0.2) is 0 Å². The van der Waals surface area contributed by atoms with Crippen molar-refractivity contribution in [1.29, 1.82) is 0 Å². The highest BCUT2D eigenvalue weighted by atomic mass is 28.4. The van der Waals surface area contributed by atoms with E-state index in [1.54, 1.807) is 42.7 Å². The van der Waals surface area contributed by atoms with Crippen LogP contribution in [-0.2, 0) is 26.9 Å². The van der Waals surface area contributed by atoms with Crippen LogP contribution in [0, 0.1) is 6.92 Å². The van der Waals surface area contributed by atoms with Crippen molar-refractivity contribution >= 4 is 22.6 Å². The van der Waals surface area contributed by atoms with E-state index in [-0.39, 0.29) is 5.22 Å². The number of hydrogen-bond acceptors (Lipinski definition) is 6. The molecular formula is C21H40O6Si2. The zero-order valence-electron chi connectivity index (χ0n) is 19.5. The SMILES string of the molecule is CCCC1(OC)CCCC[Si]1(OC)OC.CO[Si](OC)(OC)c1ccccc1C. The van der Waals surface area contributed by atoms with Crippen LogP contribution in [0.2, 0.25) is 6.04 Å². The predicted molar refractivity (Wildman–Crippen MR) is 121 cm³/mol. The lowest BCUT2D eigenvalue weighted by molar-refractivity contribution is -0.0149. The maximum Gasteiger partial charge on any atom is 0.536 e. The molecule has 1 unspecified atom stereocenters. The molecule has 1 aromatic rings. The van der Waals surface area contributed by atoms with Crippen LogP contribution >= 0.6 is 0 Å². The standard InChI is InChI=1S/C11H24O3Si.C10H16O3Si/c1-5-8-11(12-2)9-6-7-10-15(11,13-3)14-4;1-9-7-5-6-8-10(9)14(11-2,12-3)13-4/h5-10H2,1-4H3;5-8H,1-4H3. The summed E-state index contributed by atoms with van der Waals surface area (Å²) in [7, 11) is 5.43. The molecule has 0 N–H and O–H groups in total. The summed E-state index contributed by atoms with van der Waals surface area (Å²) in [5, 5.41) is 0.899. The third-order valence-electron chi connectivity index (χ3n) is 6.02. The van der Waals surface area contributed by atoms with Crippen molar-refractivity contribution in [2.45, 2.75) is 57.2 Å². The molecule has 0 spiro atoms. The van der Waals surface area contributed by atoms with Crippen molar-refractivity contribution in [1.82, 2.24) is 0 Å². The number of benzene rings is 1. The Morgan fingerprint density at radius 3 is 1.97 bits per heavy atom. The molecule has 0 amide bonds. The van der Waals surface area contributed by atoms with Crippen molar-refractivity contribution in [3.8, 4) is 0 Å². The third kappa shape index (κ3) is 5.56. The maximum atomic E-state index is 5.83. The molecule has 2 rings (SSSR count). The fourth-order valence-electron chi connectivity index (χ4n) is 4.42. The second-order valence-corrected chi connectivity index (χ2v) is 13.9. The fraction of sp³-hybridized carbons (Fsp3) is 0.714. The van der Waals surface area contributed by atoms with Gasteiger partial charge in [0.2, 0.25) is 0 Å². The lowest BCUT2D eigenvalue weighted by Gasteiger charge is -2.47. The molecule has 6 nitrogen and oxygen atoms in total. The van der Waals surface area contributed by atoms with Gasteiger partial charge in [0.1, 0.15) is 5.22 Å². The average molecular weight is 445 g/mol. The minimum absolute atomic E-state index is 0.122. The molecule has 0 aromatic heterocycles. The van der Waals surface area contributed by atoms with Gasteiger partial charge in [-0.2, -0.15) is 0 Å². The van der Waals surface area contributed by atoms with Gasteiger partial charge in [0.25, 0.3) is 0 Å². The lowest BCUT2D eigenvalue weighted by atomic mass is 10.1. The molecule has 1 atom stereocenters.